The Balaban J connectivity index is 1.20. The van der Waals surface area contributed by atoms with Gasteiger partial charge in [0.15, 0.2) is 11.5 Å². The lowest BCUT2D eigenvalue weighted by Crippen LogP contribution is -2.31. The summed E-state index contributed by atoms with van der Waals surface area (Å²) in [6.45, 7) is 4.07. The molecule has 2 N–H and O–H groups in total. The van der Waals surface area contributed by atoms with Crippen LogP contribution in [0.5, 0.6) is 11.5 Å². The predicted molar refractivity (Wildman–Crippen MR) is 145 cm³/mol. The van der Waals surface area contributed by atoms with Crippen molar-refractivity contribution in [1.82, 2.24) is 19.8 Å². The quantitative estimate of drug-likeness (QED) is 0.298. The average molecular weight is 517 g/mol. The number of nitrogens with one attached hydrogen (secondary N) is 2. The molecule has 0 atom stereocenters. The van der Waals surface area contributed by atoms with Crippen molar-refractivity contribution in [2.45, 2.75) is 25.7 Å². The Morgan fingerprint density at radius 2 is 1.66 bits per heavy atom. The second-order valence-electron chi connectivity index (χ2n) is 9.42. The largest absolute Gasteiger partial charge is 0.493 e. The fourth-order valence-electron chi connectivity index (χ4n) is 4.72. The molecule has 0 aliphatic carbocycles. The smallest absolute Gasteiger partial charge is 0.261 e. The summed E-state index contributed by atoms with van der Waals surface area (Å²) in [6.07, 6.45) is 6.53. The van der Waals surface area contributed by atoms with Crippen molar-refractivity contribution in [3.8, 4) is 11.5 Å². The summed E-state index contributed by atoms with van der Waals surface area (Å²) in [5.41, 5.74) is 2.17. The lowest BCUT2D eigenvalue weighted by molar-refractivity contribution is 0.0693. The SMILES string of the molecule is COc1cc(Nc2nccc(Nc3ccc4c(c3)C(=O)N(C)C4=O)n2)ccc1OCCCN1CCCCC1. The molecule has 0 spiro atoms. The number of imide groups is 1. The number of aromatic nitrogens is 2. The van der Waals surface area contributed by atoms with E-state index in [1.807, 2.05) is 18.2 Å². The van der Waals surface area contributed by atoms with E-state index < -0.39 is 0 Å². The van der Waals surface area contributed by atoms with E-state index >= 15 is 0 Å². The normalized spacial score (nSPS) is 15.4. The third-order valence-corrected chi connectivity index (χ3v) is 6.76. The number of anilines is 4. The van der Waals surface area contributed by atoms with Crippen molar-refractivity contribution < 1.29 is 19.1 Å². The van der Waals surface area contributed by atoms with Gasteiger partial charge in [-0.3, -0.25) is 14.5 Å². The summed E-state index contributed by atoms with van der Waals surface area (Å²) >= 11 is 0. The van der Waals surface area contributed by atoms with Gasteiger partial charge < -0.3 is 25.0 Å². The Morgan fingerprint density at radius 3 is 2.47 bits per heavy atom. The molecule has 0 unspecified atom stereocenters. The number of ether oxygens (including phenoxy) is 2. The van der Waals surface area contributed by atoms with E-state index in [2.05, 4.69) is 25.5 Å². The molecule has 2 aliphatic rings. The first-order chi connectivity index (χ1) is 18.5. The second-order valence-corrected chi connectivity index (χ2v) is 9.42. The maximum absolute atomic E-state index is 12.3. The van der Waals surface area contributed by atoms with E-state index in [9.17, 15) is 9.59 Å². The molecular formula is C28H32N6O4. The molecule has 1 fully saturated rings. The number of amides is 2. The van der Waals surface area contributed by atoms with E-state index in [1.54, 1.807) is 37.6 Å². The van der Waals surface area contributed by atoms with Crippen LogP contribution in [0.2, 0.25) is 0 Å². The van der Waals surface area contributed by atoms with E-state index in [-0.39, 0.29) is 11.8 Å². The van der Waals surface area contributed by atoms with E-state index in [0.29, 0.717) is 46.7 Å². The van der Waals surface area contributed by atoms with Gasteiger partial charge in [0.05, 0.1) is 24.8 Å². The number of likely N-dealkylation sites (tertiary alicyclic amines) is 1. The number of hydrogen-bond acceptors (Lipinski definition) is 9. The minimum Gasteiger partial charge on any atom is -0.493 e. The van der Waals surface area contributed by atoms with Gasteiger partial charge in [0.25, 0.3) is 11.8 Å². The molecule has 0 bridgehead atoms. The van der Waals surface area contributed by atoms with Crippen molar-refractivity contribution in [2.24, 2.45) is 0 Å². The topological polar surface area (TPSA) is 109 Å². The Labute approximate surface area is 222 Å². The van der Waals surface area contributed by atoms with Crippen molar-refractivity contribution in [3.63, 3.8) is 0 Å². The molecule has 2 aromatic carbocycles. The molecule has 0 saturated carbocycles. The zero-order chi connectivity index (χ0) is 26.5. The minimum atomic E-state index is -0.318. The molecule has 2 amide bonds. The van der Waals surface area contributed by atoms with Crippen LogP contribution in [0.15, 0.2) is 48.7 Å². The lowest BCUT2D eigenvalue weighted by Gasteiger charge is -2.26. The van der Waals surface area contributed by atoms with Crippen molar-refractivity contribution in [1.29, 1.82) is 0 Å². The molecule has 5 rings (SSSR count). The van der Waals surface area contributed by atoms with Gasteiger partial charge in [-0.25, -0.2) is 4.98 Å². The van der Waals surface area contributed by atoms with Crippen LogP contribution < -0.4 is 20.1 Å². The Morgan fingerprint density at radius 1 is 0.895 bits per heavy atom. The third kappa shape index (κ3) is 5.70. The number of nitrogens with zero attached hydrogens (tertiary/aromatic N) is 4. The van der Waals surface area contributed by atoms with Crippen LogP contribution in [0.1, 0.15) is 46.4 Å². The molecule has 3 heterocycles. The fraction of sp³-hybridized carbons (Fsp3) is 0.357. The lowest BCUT2D eigenvalue weighted by atomic mass is 10.1. The first-order valence-electron chi connectivity index (χ1n) is 12.9. The summed E-state index contributed by atoms with van der Waals surface area (Å²) in [7, 11) is 3.09. The minimum absolute atomic E-state index is 0.297. The van der Waals surface area contributed by atoms with Gasteiger partial charge in [-0.1, -0.05) is 6.42 Å². The molecule has 1 aromatic heterocycles. The summed E-state index contributed by atoms with van der Waals surface area (Å²) in [4.78, 5) is 36.9. The maximum atomic E-state index is 12.3. The highest BCUT2D eigenvalue weighted by Gasteiger charge is 2.32. The molecule has 2 aliphatic heterocycles. The van der Waals surface area contributed by atoms with Crippen molar-refractivity contribution >= 4 is 35.0 Å². The molecule has 1 saturated heterocycles. The van der Waals surface area contributed by atoms with Gasteiger partial charge >= 0.3 is 0 Å². The summed E-state index contributed by atoms with van der Waals surface area (Å²) < 4.78 is 11.5. The van der Waals surface area contributed by atoms with Crippen LogP contribution in [-0.4, -0.2) is 72.0 Å². The Hall–Kier alpha value is -4.18. The van der Waals surface area contributed by atoms with Crippen LogP contribution in [0, 0.1) is 0 Å². The number of piperidine rings is 1. The van der Waals surface area contributed by atoms with Gasteiger partial charge in [-0.15, -0.1) is 0 Å². The number of carbonyl (C=O) groups is 2. The van der Waals surface area contributed by atoms with Crippen LogP contribution >= 0.6 is 0 Å². The molecule has 38 heavy (non-hydrogen) atoms. The summed E-state index contributed by atoms with van der Waals surface area (Å²) in [6, 6.07) is 12.4. The van der Waals surface area contributed by atoms with E-state index in [4.69, 9.17) is 9.47 Å². The number of fused-ring (bicyclic) bond motifs is 1. The molecular weight excluding hydrogens is 484 g/mol. The summed E-state index contributed by atoms with van der Waals surface area (Å²) in [5.74, 6) is 1.64. The van der Waals surface area contributed by atoms with Crippen LogP contribution in [0.25, 0.3) is 0 Å². The predicted octanol–water partition coefficient (Wildman–Crippen LogP) is 4.45. The van der Waals surface area contributed by atoms with Crippen molar-refractivity contribution in [2.75, 3.05) is 51.0 Å². The number of carbonyl (C=O) groups excluding carboxylic acids is 2. The van der Waals surface area contributed by atoms with Gasteiger partial charge in [0.2, 0.25) is 5.95 Å². The third-order valence-electron chi connectivity index (χ3n) is 6.76. The van der Waals surface area contributed by atoms with E-state index in [0.717, 1.165) is 23.6 Å². The average Bonchev–Trinajstić information content (AvgIpc) is 3.15. The van der Waals surface area contributed by atoms with Gasteiger partial charge in [0, 0.05) is 37.2 Å². The molecule has 3 aromatic rings. The van der Waals surface area contributed by atoms with E-state index in [1.165, 1.54) is 39.4 Å². The zero-order valence-electron chi connectivity index (χ0n) is 21.7. The number of benzene rings is 2. The maximum Gasteiger partial charge on any atom is 0.261 e. The molecule has 198 valence electrons. The van der Waals surface area contributed by atoms with Gasteiger partial charge in [0.1, 0.15) is 5.82 Å². The highest BCUT2D eigenvalue weighted by atomic mass is 16.5. The monoisotopic (exact) mass is 516 g/mol. The highest BCUT2D eigenvalue weighted by Crippen LogP contribution is 2.32. The molecule has 10 nitrogen and oxygen atoms in total. The molecule has 0 radical (unpaired) electrons. The number of hydrogen-bond donors (Lipinski definition) is 2. The van der Waals surface area contributed by atoms with Crippen LogP contribution in [0.4, 0.5) is 23.1 Å². The number of methoxy groups -OCH3 is 1. The standard InChI is InChI=1S/C28H32N6O4/c1-33-26(35)21-9-7-19(17-22(21)27(33)36)30-25-11-12-29-28(32-25)31-20-8-10-23(24(18-20)37-2)38-16-6-15-34-13-4-3-5-14-34/h7-12,17-18H,3-6,13-16H2,1-2H3,(H2,29,30,31,32). The highest BCUT2D eigenvalue weighted by molar-refractivity contribution is 6.21. The summed E-state index contributed by atoms with van der Waals surface area (Å²) in [5, 5.41) is 6.37. The first kappa shape index (κ1) is 25.5. The van der Waals surface area contributed by atoms with Crippen LogP contribution in [-0.2, 0) is 0 Å². The van der Waals surface area contributed by atoms with Crippen molar-refractivity contribution in [3.05, 3.63) is 59.8 Å². The zero-order valence-corrected chi connectivity index (χ0v) is 21.7. The Bertz CT molecular complexity index is 1320. The van der Waals surface area contributed by atoms with Gasteiger partial charge in [-0.05, 0) is 68.8 Å². The number of rotatable bonds is 10. The first-order valence-corrected chi connectivity index (χ1v) is 12.9. The van der Waals surface area contributed by atoms with Gasteiger partial charge in [-0.2, -0.15) is 4.98 Å². The molecule has 10 heteroatoms. The second kappa shape index (κ2) is 11.5. The fourth-order valence-corrected chi connectivity index (χ4v) is 4.72. The Kier molecular flexibility index (Phi) is 7.69. The van der Waals surface area contributed by atoms with Crippen LogP contribution in [0.3, 0.4) is 0 Å².